The maximum absolute atomic E-state index is 12.9. The van der Waals surface area contributed by atoms with Gasteiger partial charge in [0.25, 0.3) is 0 Å². The summed E-state index contributed by atoms with van der Waals surface area (Å²) in [6.07, 6.45) is 4.75. The van der Waals surface area contributed by atoms with Crippen LogP contribution in [0.4, 0.5) is 5.69 Å². The second-order valence-corrected chi connectivity index (χ2v) is 8.59. The van der Waals surface area contributed by atoms with Crippen molar-refractivity contribution in [2.45, 2.75) is 41.5 Å². The molecule has 28 heavy (non-hydrogen) atoms. The number of ketones is 1. The van der Waals surface area contributed by atoms with E-state index in [2.05, 4.69) is 10.1 Å². The molecule has 0 amide bonds. The maximum Gasteiger partial charge on any atom is 0.365 e. The molecule has 0 bridgehead atoms. The van der Waals surface area contributed by atoms with Gasteiger partial charge in [0.1, 0.15) is 5.71 Å². The molecule has 0 atom stereocenters. The molecule has 0 spiro atoms. The van der Waals surface area contributed by atoms with E-state index in [0.29, 0.717) is 22.5 Å². The highest BCUT2D eigenvalue weighted by atomic mass is 16.7. The second kappa shape index (κ2) is 7.87. The first kappa shape index (κ1) is 21.2. The fourth-order valence-corrected chi connectivity index (χ4v) is 2.65. The highest BCUT2D eigenvalue weighted by Crippen LogP contribution is 2.37. The molecule has 0 saturated carbocycles. The summed E-state index contributed by atoms with van der Waals surface area (Å²) in [5.74, 6) is -0.668. The lowest BCUT2D eigenvalue weighted by molar-refractivity contribution is -0.114. The van der Waals surface area contributed by atoms with E-state index in [1.165, 1.54) is 30.3 Å². The van der Waals surface area contributed by atoms with E-state index in [4.69, 9.17) is 4.84 Å². The van der Waals surface area contributed by atoms with E-state index < -0.39 is 5.97 Å². The number of Topliss-reactive ketones (excluding diaryl/α,β-unsaturated/α-hetero) is 1. The number of carbonyl (C=O) groups is 2. The van der Waals surface area contributed by atoms with Gasteiger partial charge in [-0.05, 0) is 47.2 Å². The lowest BCUT2D eigenvalue weighted by Crippen LogP contribution is -2.29. The van der Waals surface area contributed by atoms with Crippen LogP contribution in [0.5, 0.6) is 0 Å². The Labute approximate surface area is 164 Å². The molecule has 1 aliphatic carbocycles. The molecule has 2 rings (SSSR count). The molecule has 6 nitrogen and oxygen atoms in total. The van der Waals surface area contributed by atoms with Gasteiger partial charge in [0, 0.05) is 11.1 Å². The summed E-state index contributed by atoms with van der Waals surface area (Å²) in [5.41, 5.74) is 1.55. The van der Waals surface area contributed by atoms with Crippen LogP contribution in [0.1, 0.15) is 51.9 Å². The minimum atomic E-state index is -0.651. The van der Waals surface area contributed by atoms with Gasteiger partial charge < -0.3 is 4.84 Å². The Bertz CT molecular complexity index is 894. The molecular weight excluding hydrogens is 356 g/mol. The minimum absolute atomic E-state index is 0.0170. The van der Waals surface area contributed by atoms with Crippen molar-refractivity contribution in [3.05, 3.63) is 53.1 Å². The molecule has 1 aromatic rings. The molecule has 1 aliphatic rings. The van der Waals surface area contributed by atoms with Crippen LogP contribution in [0.25, 0.3) is 0 Å². The van der Waals surface area contributed by atoms with Gasteiger partial charge in [-0.25, -0.2) is 9.59 Å². The van der Waals surface area contributed by atoms with Crippen LogP contribution in [0.2, 0.25) is 0 Å². The van der Waals surface area contributed by atoms with Crippen LogP contribution in [0, 0.1) is 10.8 Å². The standard InChI is InChI=1S/C22H24N2O4/c1-21(2,3)17-11-16(12-18(19(17)26)22(4,5)6)24-28-20(27)14-7-9-15(10-8-14)23-13-25/h7-12H,1-6H3. The minimum Gasteiger partial charge on any atom is -0.312 e. The summed E-state index contributed by atoms with van der Waals surface area (Å²) in [6, 6.07) is 5.97. The Hall–Kier alpha value is -3.11. The van der Waals surface area contributed by atoms with Crippen molar-refractivity contribution in [2.24, 2.45) is 21.0 Å². The van der Waals surface area contributed by atoms with Crippen LogP contribution in [-0.4, -0.2) is 23.5 Å². The van der Waals surface area contributed by atoms with Crippen LogP contribution >= 0.6 is 0 Å². The smallest absolute Gasteiger partial charge is 0.312 e. The van der Waals surface area contributed by atoms with Crippen molar-refractivity contribution in [1.29, 1.82) is 0 Å². The van der Waals surface area contributed by atoms with Gasteiger partial charge in [-0.1, -0.05) is 46.7 Å². The molecule has 0 unspecified atom stereocenters. The number of isocyanates is 1. The van der Waals surface area contributed by atoms with E-state index >= 15 is 0 Å². The number of allylic oxidation sites excluding steroid dienone is 4. The third kappa shape index (κ3) is 4.99. The van der Waals surface area contributed by atoms with E-state index in [0.717, 1.165) is 0 Å². The summed E-state index contributed by atoms with van der Waals surface area (Å²) in [5, 5.41) is 3.96. The first-order valence-electron chi connectivity index (χ1n) is 8.90. The van der Waals surface area contributed by atoms with Gasteiger partial charge in [-0.2, -0.15) is 4.99 Å². The normalized spacial score (nSPS) is 14.6. The molecule has 6 heteroatoms. The fourth-order valence-electron chi connectivity index (χ4n) is 2.65. The summed E-state index contributed by atoms with van der Waals surface area (Å²) in [6.45, 7) is 11.7. The Morgan fingerprint density at radius 3 is 1.86 bits per heavy atom. The van der Waals surface area contributed by atoms with Gasteiger partial charge >= 0.3 is 5.97 Å². The average Bonchev–Trinajstić information content (AvgIpc) is 2.59. The molecule has 1 aromatic carbocycles. The summed E-state index contributed by atoms with van der Waals surface area (Å²) in [7, 11) is 0. The molecule has 0 aromatic heterocycles. The number of carbonyl (C=O) groups excluding carboxylic acids is 3. The van der Waals surface area contributed by atoms with Crippen LogP contribution < -0.4 is 0 Å². The lowest BCUT2D eigenvalue weighted by atomic mass is 9.72. The molecule has 0 radical (unpaired) electrons. The van der Waals surface area contributed by atoms with E-state index in [-0.39, 0.29) is 22.2 Å². The Morgan fingerprint density at radius 1 is 0.929 bits per heavy atom. The second-order valence-electron chi connectivity index (χ2n) is 8.59. The van der Waals surface area contributed by atoms with Gasteiger partial charge in [-0.15, -0.1) is 0 Å². The van der Waals surface area contributed by atoms with Crippen molar-refractivity contribution in [3.8, 4) is 0 Å². The zero-order valence-corrected chi connectivity index (χ0v) is 17.0. The zero-order chi connectivity index (χ0) is 21.1. The molecule has 0 heterocycles. The number of benzene rings is 1. The molecular formula is C22H24N2O4. The van der Waals surface area contributed by atoms with Crippen molar-refractivity contribution in [1.82, 2.24) is 0 Å². The topological polar surface area (TPSA) is 85.2 Å². The average molecular weight is 380 g/mol. The van der Waals surface area contributed by atoms with Crippen molar-refractivity contribution >= 4 is 29.2 Å². The van der Waals surface area contributed by atoms with Gasteiger partial charge in [0.15, 0.2) is 5.78 Å². The number of rotatable bonds is 3. The van der Waals surface area contributed by atoms with E-state index in [1.807, 2.05) is 41.5 Å². The van der Waals surface area contributed by atoms with Crippen molar-refractivity contribution < 1.29 is 19.2 Å². The maximum atomic E-state index is 12.9. The van der Waals surface area contributed by atoms with Gasteiger partial charge in [0.05, 0.1) is 11.3 Å². The molecule has 0 aliphatic heterocycles. The van der Waals surface area contributed by atoms with Gasteiger partial charge in [0.2, 0.25) is 6.08 Å². The van der Waals surface area contributed by atoms with Crippen LogP contribution in [-0.2, 0) is 14.4 Å². The Kier molecular flexibility index (Phi) is 5.95. The Balaban J connectivity index is 2.32. The first-order chi connectivity index (χ1) is 12.9. The highest BCUT2D eigenvalue weighted by Gasteiger charge is 2.34. The van der Waals surface area contributed by atoms with E-state index in [9.17, 15) is 14.4 Å². The largest absolute Gasteiger partial charge is 0.365 e. The monoisotopic (exact) mass is 380 g/mol. The molecule has 0 saturated heterocycles. The third-order valence-corrected chi connectivity index (χ3v) is 4.20. The molecule has 0 N–H and O–H groups in total. The molecule has 146 valence electrons. The third-order valence-electron chi connectivity index (χ3n) is 4.20. The van der Waals surface area contributed by atoms with Gasteiger partial charge in [-0.3, -0.25) is 4.79 Å². The summed E-state index contributed by atoms with van der Waals surface area (Å²) < 4.78 is 0. The lowest BCUT2D eigenvalue weighted by Gasteiger charge is -2.30. The van der Waals surface area contributed by atoms with Crippen molar-refractivity contribution in [2.75, 3.05) is 0 Å². The number of aliphatic imine (C=N–C) groups is 1. The number of oxime groups is 1. The summed E-state index contributed by atoms with van der Waals surface area (Å²) in [4.78, 5) is 43.9. The first-order valence-corrected chi connectivity index (χ1v) is 8.90. The summed E-state index contributed by atoms with van der Waals surface area (Å²) >= 11 is 0. The quantitative estimate of drug-likeness (QED) is 0.250. The number of hydrogen-bond donors (Lipinski definition) is 0. The SMILES string of the molecule is CC(C)(C)C1=CC(=NOC(=O)c2ccc(N=C=O)cc2)C=C(C(C)(C)C)C1=O. The van der Waals surface area contributed by atoms with Crippen LogP contribution in [0.15, 0.2) is 57.7 Å². The Morgan fingerprint density at radius 2 is 1.43 bits per heavy atom. The van der Waals surface area contributed by atoms with Crippen LogP contribution in [0.3, 0.4) is 0 Å². The van der Waals surface area contributed by atoms with Crippen molar-refractivity contribution in [3.63, 3.8) is 0 Å². The van der Waals surface area contributed by atoms with E-state index in [1.54, 1.807) is 12.2 Å². The predicted octanol–water partition coefficient (Wildman–Crippen LogP) is 4.69. The zero-order valence-electron chi connectivity index (χ0n) is 17.0. The fraction of sp³-hybridized carbons (Fsp3) is 0.364. The number of nitrogens with zero attached hydrogens (tertiary/aromatic N) is 2. The number of hydrogen-bond acceptors (Lipinski definition) is 6. The highest BCUT2D eigenvalue weighted by molar-refractivity contribution is 6.22. The predicted molar refractivity (Wildman–Crippen MR) is 107 cm³/mol. The molecule has 0 fully saturated rings.